The van der Waals surface area contributed by atoms with Crippen molar-refractivity contribution in [2.45, 2.75) is 53.5 Å². The van der Waals surface area contributed by atoms with Crippen molar-refractivity contribution in [3.05, 3.63) is 17.0 Å². The summed E-state index contributed by atoms with van der Waals surface area (Å²) >= 11 is 0. The van der Waals surface area contributed by atoms with Gasteiger partial charge >= 0.3 is 0 Å². The number of rotatable bonds is 2. The van der Waals surface area contributed by atoms with Gasteiger partial charge in [0.15, 0.2) is 0 Å². The van der Waals surface area contributed by atoms with Gasteiger partial charge in [-0.2, -0.15) is 5.10 Å². The maximum absolute atomic E-state index is 4.55. The standard InChI is InChI=1S/C11H20N2/c1-7(2)11-9(5)12-13(8(3)4)10(11)6/h7-8H,1-6H3. The maximum atomic E-state index is 4.55. The first-order valence-electron chi connectivity index (χ1n) is 5.00. The summed E-state index contributed by atoms with van der Waals surface area (Å²) < 4.78 is 2.12. The Morgan fingerprint density at radius 1 is 1.08 bits per heavy atom. The van der Waals surface area contributed by atoms with E-state index in [4.69, 9.17) is 0 Å². The van der Waals surface area contributed by atoms with E-state index in [1.807, 2.05) is 0 Å². The quantitative estimate of drug-likeness (QED) is 0.683. The van der Waals surface area contributed by atoms with Crippen LogP contribution in [0.15, 0.2) is 0 Å². The lowest BCUT2D eigenvalue weighted by Crippen LogP contribution is -2.05. The average Bonchev–Trinajstić information content (AvgIpc) is 2.26. The molecule has 0 radical (unpaired) electrons. The van der Waals surface area contributed by atoms with Crippen LogP contribution in [-0.4, -0.2) is 9.78 Å². The van der Waals surface area contributed by atoms with E-state index in [9.17, 15) is 0 Å². The Hall–Kier alpha value is -0.790. The van der Waals surface area contributed by atoms with E-state index in [0.29, 0.717) is 12.0 Å². The summed E-state index contributed by atoms with van der Waals surface area (Å²) in [7, 11) is 0. The van der Waals surface area contributed by atoms with Crippen molar-refractivity contribution in [3.63, 3.8) is 0 Å². The van der Waals surface area contributed by atoms with Gasteiger partial charge in [-0.15, -0.1) is 0 Å². The van der Waals surface area contributed by atoms with Gasteiger partial charge < -0.3 is 0 Å². The van der Waals surface area contributed by atoms with Gasteiger partial charge in [0.2, 0.25) is 0 Å². The van der Waals surface area contributed by atoms with E-state index in [-0.39, 0.29) is 0 Å². The predicted molar refractivity (Wildman–Crippen MR) is 56.2 cm³/mol. The van der Waals surface area contributed by atoms with E-state index < -0.39 is 0 Å². The molecular formula is C11H20N2. The maximum Gasteiger partial charge on any atom is 0.0631 e. The molecule has 0 N–H and O–H groups in total. The molecule has 0 bridgehead atoms. The Kier molecular flexibility index (Phi) is 2.79. The molecule has 2 heteroatoms. The number of aryl methyl sites for hydroxylation is 1. The highest BCUT2D eigenvalue weighted by Crippen LogP contribution is 2.24. The molecule has 74 valence electrons. The van der Waals surface area contributed by atoms with Crippen LogP contribution in [-0.2, 0) is 0 Å². The van der Waals surface area contributed by atoms with Crippen LogP contribution in [0.25, 0.3) is 0 Å². The molecule has 0 fully saturated rings. The summed E-state index contributed by atoms with van der Waals surface area (Å²) in [5, 5.41) is 4.55. The molecule has 13 heavy (non-hydrogen) atoms. The second-order valence-corrected chi connectivity index (χ2v) is 4.28. The Bertz CT molecular complexity index is 295. The SMILES string of the molecule is Cc1nn(C(C)C)c(C)c1C(C)C. The molecule has 0 saturated carbocycles. The van der Waals surface area contributed by atoms with Crippen molar-refractivity contribution in [1.29, 1.82) is 0 Å². The third kappa shape index (κ3) is 1.77. The molecule has 0 saturated heterocycles. The summed E-state index contributed by atoms with van der Waals surface area (Å²) in [6, 6.07) is 0.464. The fraction of sp³-hybridized carbons (Fsp3) is 0.727. The van der Waals surface area contributed by atoms with E-state index >= 15 is 0 Å². The first-order chi connectivity index (χ1) is 5.95. The zero-order valence-electron chi connectivity index (χ0n) is 9.55. The lowest BCUT2D eigenvalue weighted by molar-refractivity contribution is 0.515. The highest BCUT2D eigenvalue weighted by atomic mass is 15.3. The average molecular weight is 180 g/mol. The second-order valence-electron chi connectivity index (χ2n) is 4.28. The van der Waals surface area contributed by atoms with Gasteiger partial charge in [0.05, 0.1) is 5.69 Å². The van der Waals surface area contributed by atoms with Crippen molar-refractivity contribution < 1.29 is 0 Å². The van der Waals surface area contributed by atoms with Crippen molar-refractivity contribution in [3.8, 4) is 0 Å². The largest absolute Gasteiger partial charge is 0.267 e. The smallest absolute Gasteiger partial charge is 0.0631 e. The molecule has 1 rings (SSSR count). The second kappa shape index (κ2) is 3.52. The van der Waals surface area contributed by atoms with E-state index in [1.54, 1.807) is 0 Å². The number of nitrogens with zero attached hydrogens (tertiary/aromatic N) is 2. The summed E-state index contributed by atoms with van der Waals surface area (Å²) in [5.74, 6) is 0.576. The van der Waals surface area contributed by atoms with Crippen LogP contribution in [0.2, 0.25) is 0 Å². The zero-order chi connectivity index (χ0) is 10.2. The fourth-order valence-electron chi connectivity index (χ4n) is 2.01. The lowest BCUT2D eigenvalue weighted by Gasteiger charge is -2.09. The van der Waals surface area contributed by atoms with Crippen LogP contribution in [0.3, 0.4) is 0 Å². The number of hydrogen-bond acceptors (Lipinski definition) is 1. The summed E-state index contributed by atoms with van der Waals surface area (Å²) in [4.78, 5) is 0. The Morgan fingerprint density at radius 3 is 1.85 bits per heavy atom. The molecule has 0 aromatic carbocycles. The highest BCUT2D eigenvalue weighted by molar-refractivity contribution is 5.27. The van der Waals surface area contributed by atoms with Crippen molar-refractivity contribution in [1.82, 2.24) is 9.78 Å². The highest BCUT2D eigenvalue weighted by Gasteiger charge is 2.15. The number of hydrogen-bond donors (Lipinski definition) is 0. The molecular weight excluding hydrogens is 160 g/mol. The van der Waals surface area contributed by atoms with Crippen LogP contribution in [0.5, 0.6) is 0 Å². The van der Waals surface area contributed by atoms with Crippen molar-refractivity contribution in [2.24, 2.45) is 0 Å². The molecule has 0 aliphatic rings. The molecule has 0 atom stereocenters. The molecule has 1 aromatic heterocycles. The minimum absolute atomic E-state index is 0.464. The van der Waals surface area contributed by atoms with Crippen LogP contribution in [0.1, 0.15) is 56.6 Å². The Labute approximate surface area is 81.0 Å². The minimum Gasteiger partial charge on any atom is -0.267 e. The first kappa shape index (κ1) is 10.3. The minimum atomic E-state index is 0.464. The van der Waals surface area contributed by atoms with Gasteiger partial charge in [-0.25, -0.2) is 0 Å². The van der Waals surface area contributed by atoms with Crippen LogP contribution < -0.4 is 0 Å². The molecule has 0 spiro atoms. The van der Waals surface area contributed by atoms with Crippen molar-refractivity contribution in [2.75, 3.05) is 0 Å². The van der Waals surface area contributed by atoms with Crippen LogP contribution >= 0.6 is 0 Å². The fourth-order valence-corrected chi connectivity index (χ4v) is 2.01. The van der Waals surface area contributed by atoms with Gasteiger partial charge in [-0.3, -0.25) is 4.68 Å². The predicted octanol–water partition coefficient (Wildman–Crippen LogP) is 3.20. The lowest BCUT2D eigenvalue weighted by atomic mass is 10.0. The molecule has 2 nitrogen and oxygen atoms in total. The topological polar surface area (TPSA) is 17.8 Å². The zero-order valence-corrected chi connectivity index (χ0v) is 9.55. The molecule has 0 aliphatic heterocycles. The normalized spacial score (nSPS) is 11.7. The van der Waals surface area contributed by atoms with Gasteiger partial charge in [0.25, 0.3) is 0 Å². The Morgan fingerprint density at radius 2 is 1.62 bits per heavy atom. The monoisotopic (exact) mass is 180 g/mol. The molecule has 1 aromatic rings. The summed E-state index contributed by atoms with van der Waals surface area (Å²) in [5.41, 5.74) is 3.91. The molecule has 0 unspecified atom stereocenters. The van der Waals surface area contributed by atoms with Crippen molar-refractivity contribution >= 4 is 0 Å². The third-order valence-corrected chi connectivity index (χ3v) is 2.45. The van der Waals surface area contributed by atoms with Gasteiger partial charge in [-0.05, 0) is 39.2 Å². The van der Waals surface area contributed by atoms with Gasteiger partial charge in [0, 0.05) is 11.7 Å². The van der Waals surface area contributed by atoms with Crippen LogP contribution in [0, 0.1) is 13.8 Å². The van der Waals surface area contributed by atoms with Gasteiger partial charge in [0.1, 0.15) is 0 Å². The molecule has 0 aliphatic carbocycles. The summed E-state index contributed by atoms with van der Waals surface area (Å²) in [6.07, 6.45) is 0. The van der Waals surface area contributed by atoms with E-state index in [0.717, 1.165) is 0 Å². The summed E-state index contributed by atoms with van der Waals surface area (Å²) in [6.45, 7) is 13.0. The number of aromatic nitrogens is 2. The van der Waals surface area contributed by atoms with E-state index in [2.05, 4.69) is 51.3 Å². The first-order valence-corrected chi connectivity index (χ1v) is 5.00. The van der Waals surface area contributed by atoms with Crippen LogP contribution in [0.4, 0.5) is 0 Å². The third-order valence-electron chi connectivity index (χ3n) is 2.45. The van der Waals surface area contributed by atoms with E-state index in [1.165, 1.54) is 17.0 Å². The molecule has 1 heterocycles. The molecule has 0 amide bonds. The van der Waals surface area contributed by atoms with Gasteiger partial charge in [-0.1, -0.05) is 13.8 Å². The Balaban J connectivity index is 3.22.